The lowest BCUT2D eigenvalue weighted by molar-refractivity contribution is 0.411. The fourth-order valence-electron chi connectivity index (χ4n) is 4.64. The predicted octanol–water partition coefficient (Wildman–Crippen LogP) is 7.65. The summed E-state index contributed by atoms with van der Waals surface area (Å²) in [6, 6.07) is 10.4. The number of nitrogens with one attached hydrogen (secondary N) is 3. The maximum atomic E-state index is 4.67. The second-order valence-corrected chi connectivity index (χ2v) is 11.2. The van der Waals surface area contributed by atoms with Crippen molar-refractivity contribution in [2.75, 3.05) is 5.32 Å². The third kappa shape index (κ3) is 4.63. The Bertz CT molecular complexity index is 1740. The summed E-state index contributed by atoms with van der Waals surface area (Å²) in [4.78, 5) is 17.1. The van der Waals surface area contributed by atoms with Crippen LogP contribution in [0.15, 0.2) is 78.2 Å². The Morgan fingerprint density at radius 3 is 2.73 bits per heavy atom. The normalized spacial score (nSPS) is 11.9. The molecule has 0 aliphatic carbocycles. The number of hydrogen-bond donors (Lipinski definition) is 3. The number of allylic oxidation sites excluding steroid dienone is 1. The highest BCUT2D eigenvalue weighted by molar-refractivity contribution is 7.08. The van der Waals surface area contributed by atoms with Crippen molar-refractivity contribution in [2.45, 2.75) is 27.2 Å². The zero-order valence-electron chi connectivity index (χ0n) is 21.0. The van der Waals surface area contributed by atoms with Gasteiger partial charge in [-0.1, -0.05) is 27.4 Å². The Labute approximate surface area is 218 Å². The van der Waals surface area contributed by atoms with Gasteiger partial charge in [0.15, 0.2) is 0 Å². The Kier molecular flexibility index (Phi) is 5.61. The van der Waals surface area contributed by atoms with Gasteiger partial charge < -0.3 is 10.3 Å². The van der Waals surface area contributed by atoms with Crippen LogP contribution in [0.25, 0.3) is 55.7 Å². The molecule has 0 unspecified atom stereocenters. The minimum Gasteiger partial charge on any atom is -0.358 e. The summed E-state index contributed by atoms with van der Waals surface area (Å²) >= 11 is 1.69. The number of aromatic amines is 2. The zero-order valence-corrected chi connectivity index (χ0v) is 21.8. The third-order valence-electron chi connectivity index (χ3n) is 6.17. The van der Waals surface area contributed by atoms with Gasteiger partial charge in [0, 0.05) is 34.4 Å². The summed E-state index contributed by atoms with van der Waals surface area (Å²) < 4.78 is 0. The second kappa shape index (κ2) is 8.97. The van der Waals surface area contributed by atoms with Gasteiger partial charge >= 0.3 is 0 Å². The Morgan fingerprint density at radius 1 is 1.03 bits per heavy atom. The largest absolute Gasteiger partial charge is 0.358 e. The molecule has 0 saturated heterocycles. The van der Waals surface area contributed by atoms with Crippen LogP contribution in [0.2, 0.25) is 0 Å². The van der Waals surface area contributed by atoms with Crippen molar-refractivity contribution in [3.63, 3.8) is 0 Å². The maximum Gasteiger partial charge on any atom is 0.138 e. The molecule has 37 heavy (non-hydrogen) atoms. The van der Waals surface area contributed by atoms with E-state index in [1.165, 1.54) is 5.56 Å². The lowest BCUT2D eigenvalue weighted by Gasteiger charge is -2.20. The van der Waals surface area contributed by atoms with Crippen molar-refractivity contribution in [1.82, 2.24) is 30.1 Å². The molecule has 0 saturated carbocycles. The third-order valence-corrected chi connectivity index (χ3v) is 6.85. The number of fused-ring (bicyclic) bond motifs is 2. The molecule has 6 aromatic heterocycles. The van der Waals surface area contributed by atoms with Crippen LogP contribution >= 0.6 is 11.3 Å². The monoisotopic (exact) mass is 505 g/mol. The van der Waals surface area contributed by atoms with Crippen LogP contribution in [0.4, 0.5) is 5.69 Å². The van der Waals surface area contributed by atoms with Gasteiger partial charge in [0.2, 0.25) is 0 Å². The highest BCUT2D eigenvalue weighted by Crippen LogP contribution is 2.35. The van der Waals surface area contributed by atoms with Gasteiger partial charge in [0.05, 0.1) is 35.0 Å². The van der Waals surface area contributed by atoms with Gasteiger partial charge in [0.25, 0.3) is 0 Å². The van der Waals surface area contributed by atoms with Crippen LogP contribution in [0.3, 0.4) is 0 Å². The van der Waals surface area contributed by atoms with E-state index in [-0.39, 0.29) is 5.41 Å². The fraction of sp³-hybridized carbons (Fsp3) is 0.172. The molecule has 0 amide bonds. The molecule has 6 aromatic rings. The first-order valence-electron chi connectivity index (χ1n) is 12.1. The first-order valence-corrected chi connectivity index (χ1v) is 13.0. The molecule has 0 spiro atoms. The van der Waals surface area contributed by atoms with Gasteiger partial charge in [-0.25, -0.2) is 4.98 Å². The smallest absolute Gasteiger partial charge is 0.138 e. The van der Waals surface area contributed by atoms with Gasteiger partial charge in [-0.2, -0.15) is 16.4 Å². The van der Waals surface area contributed by atoms with Gasteiger partial charge in [-0.3, -0.25) is 15.1 Å². The van der Waals surface area contributed by atoms with E-state index in [1.807, 2.05) is 24.8 Å². The topological polar surface area (TPSA) is 95.2 Å². The number of pyridine rings is 3. The molecule has 0 aromatic carbocycles. The van der Waals surface area contributed by atoms with E-state index in [1.54, 1.807) is 11.3 Å². The number of rotatable bonds is 6. The quantitative estimate of drug-likeness (QED) is 0.216. The molecule has 0 atom stereocenters. The van der Waals surface area contributed by atoms with Crippen molar-refractivity contribution in [3.05, 3.63) is 78.2 Å². The number of nitrogens with zero attached hydrogens (tertiary/aromatic N) is 4. The van der Waals surface area contributed by atoms with Crippen molar-refractivity contribution >= 4 is 39.0 Å². The van der Waals surface area contributed by atoms with Crippen molar-refractivity contribution in [3.8, 4) is 33.8 Å². The van der Waals surface area contributed by atoms with Gasteiger partial charge in [-0.05, 0) is 64.1 Å². The summed E-state index contributed by atoms with van der Waals surface area (Å²) in [7, 11) is 0. The molecule has 3 N–H and O–H groups in total. The molecule has 0 aliphatic heterocycles. The van der Waals surface area contributed by atoms with E-state index >= 15 is 0 Å². The van der Waals surface area contributed by atoms with Crippen LogP contribution in [-0.4, -0.2) is 30.1 Å². The molecular formula is C29H27N7S. The fourth-order valence-corrected chi connectivity index (χ4v) is 5.30. The van der Waals surface area contributed by atoms with Crippen LogP contribution in [0, 0.1) is 5.41 Å². The van der Waals surface area contributed by atoms with Crippen molar-refractivity contribution < 1.29 is 0 Å². The molecule has 184 valence electrons. The Hall–Kier alpha value is -4.30. The van der Waals surface area contributed by atoms with E-state index in [2.05, 4.69) is 104 Å². The second-order valence-electron chi connectivity index (χ2n) is 10.4. The maximum absolute atomic E-state index is 4.67. The van der Waals surface area contributed by atoms with Crippen LogP contribution < -0.4 is 5.32 Å². The molecule has 0 radical (unpaired) electrons. The summed E-state index contributed by atoms with van der Waals surface area (Å²) in [5, 5.41) is 17.4. The highest BCUT2D eigenvalue weighted by Gasteiger charge is 2.16. The van der Waals surface area contributed by atoms with E-state index in [4.69, 9.17) is 0 Å². The predicted molar refractivity (Wildman–Crippen MR) is 152 cm³/mol. The first kappa shape index (κ1) is 23.1. The van der Waals surface area contributed by atoms with Crippen LogP contribution in [0.1, 0.15) is 27.2 Å². The number of anilines is 1. The minimum atomic E-state index is 0.155. The SMILES string of the molecule is C=C(CC(C)(C)C)Nc1cncc(-c2cc3c(-c4cc5c(-c6ccsc6)ccnc5[nH]4)n[nH]c3cn2)c1. The van der Waals surface area contributed by atoms with E-state index in [0.717, 1.165) is 68.0 Å². The summed E-state index contributed by atoms with van der Waals surface area (Å²) in [5.74, 6) is 0. The first-order chi connectivity index (χ1) is 17.8. The average Bonchev–Trinajstić information content (AvgIpc) is 3.61. The van der Waals surface area contributed by atoms with E-state index in [9.17, 15) is 0 Å². The molecule has 6 heterocycles. The lowest BCUT2D eigenvalue weighted by atomic mass is 9.91. The molecule has 7 nitrogen and oxygen atoms in total. The average molecular weight is 506 g/mol. The van der Waals surface area contributed by atoms with Crippen molar-refractivity contribution in [1.29, 1.82) is 0 Å². The lowest BCUT2D eigenvalue weighted by Crippen LogP contribution is -2.10. The number of thiophene rings is 1. The highest BCUT2D eigenvalue weighted by atomic mass is 32.1. The molecule has 0 bridgehead atoms. The molecule has 0 aliphatic rings. The van der Waals surface area contributed by atoms with Gasteiger partial charge in [-0.15, -0.1) is 0 Å². The molecular weight excluding hydrogens is 478 g/mol. The standard InChI is InChI=1S/C29H27N7S/c1-17(12-29(2,3)4)33-20-9-19(13-30-14-20)24-11-23-26(15-32-24)35-36-27(23)25-10-22-21(18-6-8-37-16-18)5-7-31-28(22)34-25/h5-11,13-16,33H,1,12H2,2-4H3,(H,31,34)(H,35,36). The number of hydrogen-bond acceptors (Lipinski definition) is 6. The summed E-state index contributed by atoms with van der Waals surface area (Å²) in [6.07, 6.45) is 8.16. The number of H-pyrrole nitrogens is 2. The molecule has 0 fully saturated rings. The molecule has 8 heteroatoms. The van der Waals surface area contributed by atoms with Crippen molar-refractivity contribution in [2.24, 2.45) is 5.41 Å². The van der Waals surface area contributed by atoms with E-state index < -0.39 is 0 Å². The van der Waals surface area contributed by atoms with Gasteiger partial charge in [0.1, 0.15) is 11.3 Å². The Morgan fingerprint density at radius 2 is 1.92 bits per heavy atom. The Balaban J connectivity index is 1.36. The van der Waals surface area contributed by atoms with Crippen LogP contribution in [0.5, 0.6) is 0 Å². The van der Waals surface area contributed by atoms with Crippen LogP contribution in [-0.2, 0) is 0 Å². The van der Waals surface area contributed by atoms with E-state index in [0.29, 0.717) is 0 Å². The zero-order chi connectivity index (χ0) is 25.6. The summed E-state index contributed by atoms with van der Waals surface area (Å²) in [6.45, 7) is 10.8. The molecule has 6 rings (SSSR count). The number of aromatic nitrogens is 6. The summed E-state index contributed by atoms with van der Waals surface area (Å²) in [5.41, 5.74) is 9.52. The minimum absolute atomic E-state index is 0.155.